The Morgan fingerprint density at radius 2 is 2.00 bits per heavy atom. The molecule has 0 aliphatic rings. The van der Waals surface area contributed by atoms with Crippen LogP contribution in [0.4, 0.5) is 17.6 Å². The first-order valence-electron chi connectivity index (χ1n) is 5.54. The molecule has 1 aromatic carbocycles. The van der Waals surface area contributed by atoms with Crippen LogP contribution in [0.3, 0.4) is 0 Å². The number of nitrogens with zero attached hydrogens (tertiary/aromatic N) is 1. The zero-order valence-electron chi connectivity index (χ0n) is 10.5. The van der Waals surface area contributed by atoms with Crippen molar-refractivity contribution < 1.29 is 22.4 Å². The van der Waals surface area contributed by atoms with Crippen molar-refractivity contribution in [2.24, 2.45) is 0 Å². The van der Waals surface area contributed by atoms with Crippen LogP contribution in [0.5, 0.6) is 0 Å². The average molecular weight is 278 g/mol. The van der Waals surface area contributed by atoms with Crippen molar-refractivity contribution in [2.75, 3.05) is 27.2 Å². The summed E-state index contributed by atoms with van der Waals surface area (Å²) < 4.78 is 51.0. The smallest absolute Gasteiger partial charge is 0.340 e. The van der Waals surface area contributed by atoms with Crippen LogP contribution < -0.4 is 5.32 Å². The molecule has 0 aliphatic heterocycles. The Bertz CT molecular complexity index is 460. The maximum atomic E-state index is 13.5. The van der Waals surface area contributed by atoms with Gasteiger partial charge in [-0.05, 0) is 25.2 Å². The summed E-state index contributed by atoms with van der Waals surface area (Å²) in [4.78, 5) is 13.0. The normalized spacial score (nSPS) is 11.5. The Morgan fingerprint density at radius 1 is 1.37 bits per heavy atom. The second kappa shape index (κ2) is 6.01. The van der Waals surface area contributed by atoms with Gasteiger partial charge in [-0.2, -0.15) is 13.2 Å². The van der Waals surface area contributed by atoms with Gasteiger partial charge in [0, 0.05) is 20.1 Å². The van der Waals surface area contributed by atoms with E-state index < -0.39 is 29.0 Å². The second-order valence-electron chi connectivity index (χ2n) is 4.02. The summed E-state index contributed by atoms with van der Waals surface area (Å²) in [7, 11) is 3.07. The van der Waals surface area contributed by atoms with E-state index in [1.807, 2.05) is 0 Å². The van der Waals surface area contributed by atoms with Gasteiger partial charge in [0.25, 0.3) is 5.91 Å². The Labute approximate surface area is 108 Å². The zero-order valence-corrected chi connectivity index (χ0v) is 10.5. The molecule has 7 heteroatoms. The van der Waals surface area contributed by atoms with Gasteiger partial charge in [0.05, 0.1) is 11.1 Å². The molecule has 0 aromatic heterocycles. The Hall–Kier alpha value is -1.63. The molecule has 0 saturated heterocycles. The molecule has 0 fully saturated rings. The maximum Gasteiger partial charge on any atom is 0.416 e. The highest BCUT2D eigenvalue weighted by molar-refractivity contribution is 5.94. The number of carbonyl (C=O) groups excluding carboxylic acids is 1. The molecular weight excluding hydrogens is 264 g/mol. The fourth-order valence-electron chi connectivity index (χ4n) is 1.45. The quantitative estimate of drug-likeness (QED) is 0.856. The molecule has 0 bridgehead atoms. The van der Waals surface area contributed by atoms with Crippen molar-refractivity contribution in [2.45, 2.75) is 6.18 Å². The minimum Gasteiger partial charge on any atom is -0.340 e. The van der Waals surface area contributed by atoms with Gasteiger partial charge in [0.15, 0.2) is 0 Å². The maximum absolute atomic E-state index is 13.5. The van der Waals surface area contributed by atoms with Crippen molar-refractivity contribution in [3.63, 3.8) is 0 Å². The Balaban J connectivity index is 3.02. The van der Waals surface area contributed by atoms with E-state index in [0.717, 1.165) is 4.90 Å². The standard InChI is InChI=1S/C12H14F4N2O/c1-17-5-6-18(2)11(19)9-7-8(12(14,15)16)3-4-10(9)13/h3-4,7,17H,5-6H2,1-2H3. The van der Waals surface area contributed by atoms with Crippen molar-refractivity contribution >= 4 is 5.91 Å². The van der Waals surface area contributed by atoms with Gasteiger partial charge < -0.3 is 10.2 Å². The van der Waals surface area contributed by atoms with Crippen molar-refractivity contribution in [3.8, 4) is 0 Å². The SMILES string of the molecule is CNCCN(C)C(=O)c1cc(C(F)(F)F)ccc1F. The first-order chi connectivity index (χ1) is 8.77. The van der Waals surface area contributed by atoms with Crippen LogP contribution in [0.2, 0.25) is 0 Å². The van der Waals surface area contributed by atoms with E-state index in [1.165, 1.54) is 7.05 Å². The van der Waals surface area contributed by atoms with Crippen molar-refractivity contribution in [3.05, 3.63) is 35.1 Å². The van der Waals surface area contributed by atoms with Crippen molar-refractivity contribution in [1.82, 2.24) is 10.2 Å². The summed E-state index contributed by atoms with van der Waals surface area (Å²) in [6.45, 7) is 0.730. The van der Waals surface area contributed by atoms with Gasteiger partial charge >= 0.3 is 6.18 Å². The van der Waals surface area contributed by atoms with Gasteiger partial charge in [-0.15, -0.1) is 0 Å². The number of carbonyl (C=O) groups is 1. The molecule has 0 unspecified atom stereocenters. The third-order valence-corrected chi connectivity index (χ3v) is 2.57. The second-order valence-corrected chi connectivity index (χ2v) is 4.02. The van der Waals surface area contributed by atoms with E-state index in [-0.39, 0.29) is 6.54 Å². The number of benzene rings is 1. The number of nitrogens with one attached hydrogen (secondary N) is 1. The van der Waals surface area contributed by atoms with Crippen LogP contribution in [-0.2, 0) is 6.18 Å². The van der Waals surface area contributed by atoms with Crippen LogP contribution in [0.1, 0.15) is 15.9 Å². The molecule has 1 N–H and O–H groups in total. The molecule has 1 amide bonds. The van der Waals surface area contributed by atoms with Gasteiger partial charge in [-0.25, -0.2) is 4.39 Å². The number of rotatable bonds is 4. The lowest BCUT2D eigenvalue weighted by Gasteiger charge is -2.18. The average Bonchev–Trinajstić information content (AvgIpc) is 2.34. The van der Waals surface area contributed by atoms with Crippen molar-refractivity contribution in [1.29, 1.82) is 0 Å². The lowest BCUT2D eigenvalue weighted by molar-refractivity contribution is -0.137. The predicted octanol–water partition coefficient (Wildman–Crippen LogP) is 2.14. The minimum atomic E-state index is -4.60. The van der Waals surface area contributed by atoms with Gasteiger partial charge in [0.2, 0.25) is 0 Å². The highest BCUT2D eigenvalue weighted by atomic mass is 19.4. The molecule has 0 spiro atoms. The topological polar surface area (TPSA) is 32.3 Å². The molecule has 0 heterocycles. The fourth-order valence-corrected chi connectivity index (χ4v) is 1.45. The largest absolute Gasteiger partial charge is 0.416 e. The number of hydrogen-bond donors (Lipinski definition) is 1. The molecule has 0 aliphatic carbocycles. The van der Waals surface area contributed by atoms with Crippen LogP contribution >= 0.6 is 0 Å². The monoisotopic (exact) mass is 278 g/mol. The van der Waals surface area contributed by atoms with Gasteiger partial charge in [-0.3, -0.25) is 4.79 Å². The molecule has 0 radical (unpaired) electrons. The number of hydrogen-bond acceptors (Lipinski definition) is 2. The van der Waals surface area contributed by atoms with Gasteiger partial charge in [-0.1, -0.05) is 0 Å². The number of likely N-dealkylation sites (N-methyl/N-ethyl adjacent to an activating group) is 2. The third kappa shape index (κ3) is 3.92. The van der Waals surface area contributed by atoms with E-state index in [4.69, 9.17) is 0 Å². The lowest BCUT2D eigenvalue weighted by Crippen LogP contribution is -2.33. The number of halogens is 4. The van der Waals surface area contributed by atoms with Gasteiger partial charge in [0.1, 0.15) is 5.82 Å². The van der Waals surface area contributed by atoms with Crippen LogP contribution in [0, 0.1) is 5.82 Å². The summed E-state index contributed by atoms with van der Waals surface area (Å²) in [6, 6.07) is 1.80. The third-order valence-electron chi connectivity index (χ3n) is 2.57. The van der Waals surface area contributed by atoms with Crippen LogP contribution in [0.15, 0.2) is 18.2 Å². The fraction of sp³-hybridized carbons (Fsp3) is 0.417. The molecule has 19 heavy (non-hydrogen) atoms. The summed E-state index contributed by atoms with van der Waals surface area (Å²) in [5.41, 5.74) is -1.62. The first kappa shape index (κ1) is 15.4. The zero-order chi connectivity index (χ0) is 14.6. The highest BCUT2D eigenvalue weighted by Crippen LogP contribution is 2.30. The summed E-state index contributed by atoms with van der Waals surface area (Å²) in [5.74, 6) is -1.74. The molecular formula is C12H14F4N2O. The minimum absolute atomic E-state index is 0.269. The first-order valence-corrected chi connectivity index (χ1v) is 5.54. The summed E-state index contributed by atoms with van der Waals surface area (Å²) in [5, 5.41) is 2.79. The molecule has 0 atom stereocenters. The molecule has 1 rings (SSSR count). The summed E-state index contributed by atoms with van der Waals surface area (Å²) >= 11 is 0. The molecule has 3 nitrogen and oxygen atoms in total. The highest BCUT2D eigenvalue weighted by Gasteiger charge is 2.32. The van der Waals surface area contributed by atoms with E-state index in [1.54, 1.807) is 7.05 Å². The lowest BCUT2D eigenvalue weighted by atomic mass is 10.1. The van der Waals surface area contributed by atoms with E-state index >= 15 is 0 Å². The Morgan fingerprint density at radius 3 is 2.53 bits per heavy atom. The van der Waals surface area contributed by atoms with Crippen LogP contribution in [-0.4, -0.2) is 38.0 Å². The van der Waals surface area contributed by atoms with E-state index in [2.05, 4.69) is 5.32 Å². The van der Waals surface area contributed by atoms with E-state index in [9.17, 15) is 22.4 Å². The molecule has 106 valence electrons. The number of alkyl halides is 3. The van der Waals surface area contributed by atoms with E-state index in [0.29, 0.717) is 24.7 Å². The molecule has 1 aromatic rings. The Kier molecular flexibility index (Phi) is 4.88. The summed E-state index contributed by atoms with van der Waals surface area (Å²) in [6.07, 6.45) is -4.60. The van der Waals surface area contributed by atoms with Crippen LogP contribution in [0.25, 0.3) is 0 Å². The number of amides is 1. The predicted molar refractivity (Wildman–Crippen MR) is 62.3 cm³/mol. The molecule has 0 saturated carbocycles.